The Hall–Kier alpha value is -2.55. The quantitative estimate of drug-likeness (QED) is 0.868. The van der Waals surface area contributed by atoms with Gasteiger partial charge >= 0.3 is 12.0 Å². The summed E-state index contributed by atoms with van der Waals surface area (Å²) in [6.45, 7) is 1.74. The standard InChI is InChI=1S/C13H15N3O3/c1-9(7-8-14)16(2)13(19)15-11-6-4-3-5-10(11)12(17)18/h3-6,9H,7H2,1-2H3,(H,15,19)(H,17,18). The summed E-state index contributed by atoms with van der Waals surface area (Å²) in [4.78, 5) is 24.3. The average Bonchev–Trinajstić information content (AvgIpc) is 2.38. The molecule has 0 bridgehead atoms. The summed E-state index contributed by atoms with van der Waals surface area (Å²) < 4.78 is 0. The molecule has 0 saturated heterocycles. The minimum absolute atomic E-state index is 0.0252. The monoisotopic (exact) mass is 261 g/mol. The molecule has 19 heavy (non-hydrogen) atoms. The minimum atomic E-state index is -1.11. The zero-order valence-corrected chi connectivity index (χ0v) is 10.8. The van der Waals surface area contributed by atoms with E-state index in [1.165, 1.54) is 17.0 Å². The van der Waals surface area contributed by atoms with Crippen LogP contribution in [-0.4, -0.2) is 35.1 Å². The second-order valence-corrected chi connectivity index (χ2v) is 4.10. The van der Waals surface area contributed by atoms with Gasteiger partial charge in [0.25, 0.3) is 0 Å². The molecule has 0 aliphatic rings. The van der Waals surface area contributed by atoms with Crippen LogP contribution in [0.4, 0.5) is 10.5 Å². The van der Waals surface area contributed by atoms with Crippen molar-refractivity contribution in [3.05, 3.63) is 29.8 Å². The van der Waals surface area contributed by atoms with Crippen molar-refractivity contribution >= 4 is 17.7 Å². The molecule has 0 aliphatic carbocycles. The predicted molar refractivity (Wildman–Crippen MR) is 69.9 cm³/mol. The highest BCUT2D eigenvalue weighted by molar-refractivity contribution is 5.99. The maximum atomic E-state index is 11.9. The summed E-state index contributed by atoms with van der Waals surface area (Å²) in [5, 5.41) is 20.1. The van der Waals surface area contributed by atoms with Gasteiger partial charge in [-0.2, -0.15) is 5.26 Å². The second kappa shape index (κ2) is 6.40. The van der Waals surface area contributed by atoms with E-state index in [1.54, 1.807) is 26.1 Å². The Bertz CT molecular complexity index is 522. The van der Waals surface area contributed by atoms with Crippen LogP contribution in [0.3, 0.4) is 0 Å². The van der Waals surface area contributed by atoms with E-state index in [4.69, 9.17) is 10.4 Å². The molecule has 1 rings (SSSR count). The second-order valence-electron chi connectivity index (χ2n) is 4.10. The van der Waals surface area contributed by atoms with Crippen LogP contribution in [0.15, 0.2) is 24.3 Å². The van der Waals surface area contributed by atoms with Gasteiger partial charge < -0.3 is 15.3 Å². The lowest BCUT2D eigenvalue weighted by molar-refractivity contribution is 0.0698. The molecule has 0 radical (unpaired) electrons. The van der Waals surface area contributed by atoms with Gasteiger partial charge in [0.2, 0.25) is 0 Å². The summed E-state index contributed by atoms with van der Waals surface area (Å²) in [5.74, 6) is -1.11. The number of carboxylic acids is 1. The van der Waals surface area contributed by atoms with Gasteiger partial charge in [0, 0.05) is 13.1 Å². The molecule has 100 valence electrons. The Kier molecular flexibility index (Phi) is 4.89. The molecule has 6 nitrogen and oxygen atoms in total. The maximum Gasteiger partial charge on any atom is 0.337 e. The number of carbonyl (C=O) groups is 2. The number of anilines is 1. The summed E-state index contributed by atoms with van der Waals surface area (Å²) in [5.41, 5.74) is 0.258. The fraction of sp³-hybridized carbons (Fsp3) is 0.308. The SMILES string of the molecule is CC(CC#N)N(C)C(=O)Nc1ccccc1C(=O)O. The molecule has 0 saturated carbocycles. The number of hydrogen-bond donors (Lipinski definition) is 2. The third kappa shape index (κ3) is 3.71. The molecule has 1 aromatic rings. The van der Waals surface area contributed by atoms with Gasteiger partial charge in [-0.25, -0.2) is 9.59 Å². The molecule has 0 fully saturated rings. The first kappa shape index (κ1) is 14.5. The molecule has 0 spiro atoms. The number of benzene rings is 1. The highest BCUT2D eigenvalue weighted by atomic mass is 16.4. The number of rotatable bonds is 4. The highest BCUT2D eigenvalue weighted by Crippen LogP contribution is 2.16. The summed E-state index contributed by atoms with van der Waals surface area (Å²) >= 11 is 0. The van der Waals surface area contributed by atoms with E-state index in [-0.39, 0.29) is 23.7 Å². The molecule has 6 heteroatoms. The zero-order valence-electron chi connectivity index (χ0n) is 10.8. The minimum Gasteiger partial charge on any atom is -0.478 e. The highest BCUT2D eigenvalue weighted by Gasteiger charge is 2.17. The zero-order chi connectivity index (χ0) is 14.4. The lowest BCUT2D eigenvalue weighted by Gasteiger charge is -2.23. The number of carbonyl (C=O) groups excluding carboxylic acids is 1. The fourth-order valence-electron chi connectivity index (χ4n) is 1.45. The number of para-hydroxylation sites is 1. The molecule has 2 N–H and O–H groups in total. The topological polar surface area (TPSA) is 93.4 Å². The van der Waals surface area contributed by atoms with E-state index in [1.807, 2.05) is 6.07 Å². The van der Waals surface area contributed by atoms with Gasteiger partial charge in [0.1, 0.15) is 0 Å². The van der Waals surface area contributed by atoms with Crippen molar-refractivity contribution in [1.29, 1.82) is 5.26 Å². The molecular formula is C13H15N3O3. The van der Waals surface area contributed by atoms with Crippen molar-refractivity contribution in [2.75, 3.05) is 12.4 Å². The smallest absolute Gasteiger partial charge is 0.337 e. The normalized spacial score (nSPS) is 11.2. The van der Waals surface area contributed by atoms with Crippen LogP contribution in [-0.2, 0) is 0 Å². The predicted octanol–water partition coefficient (Wildman–Crippen LogP) is 2.15. The number of nitrogens with one attached hydrogen (secondary N) is 1. The van der Waals surface area contributed by atoms with Gasteiger partial charge in [-0.05, 0) is 19.1 Å². The number of amides is 2. The van der Waals surface area contributed by atoms with Gasteiger partial charge in [-0.3, -0.25) is 0 Å². The lowest BCUT2D eigenvalue weighted by atomic mass is 10.2. The van der Waals surface area contributed by atoms with E-state index >= 15 is 0 Å². The van der Waals surface area contributed by atoms with Crippen LogP contribution in [0.25, 0.3) is 0 Å². The first-order valence-electron chi connectivity index (χ1n) is 5.70. The van der Waals surface area contributed by atoms with Crippen molar-refractivity contribution in [2.24, 2.45) is 0 Å². The summed E-state index contributed by atoms with van der Waals surface area (Å²) in [7, 11) is 1.56. The largest absolute Gasteiger partial charge is 0.478 e. The van der Waals surface area contributed by atoms with Crippen LogP contribution in [0.2, 0.25) is 0 Å². The van der Waals surface area contributed by atoms with Gasteiger partial charge in [0.15, 0.2) is 0 Å². The number of carboxylic acid groups (broad SMARTS) is 1. The van der Waals surface area contributed by atoms with Crippen LogP contribution in [0.5, 0.6) is 0 Å². The molecule has 1 aromatic carbocycles. The van der Waals surface area contributed by atoms with E-state index in [0.717, 1.165) is 0 Å². The summed E-state index contributed by atoms with van der Waals surface area (Å²) in [6, 6.07) is 7.44. The van der Waals surface area contributed by atoms with E-state index < -0.39 is 12.0 Å². The number of nitriles is 1. The third-order valence-electron chi connectivity index (χ3n) is 2.77. The lowest BCUT2D eigenvalue weighted by Crippen LogP contribution is -2.38. The van der Waals surface area contributed by atoms with Crippen LogP contribution in [0.1, 0.15) is 23.7 Å². The van der Waals surface area contributed by atoms with Crippen molar-refractivity contribution in [3.8, 4) is 6.07 Å². The Morgan fingerprint density at radius 3 is 2.68 bits per heavy atom. The van der Waals surface area contributed by atoms with Crippen LogP contribution < -0.4 is 5.32 Å². The first-order valence-corrected chi connectivity index (χ1v) is 5.70. The van der Waals surface area contributed by atoms with E-state index in [9.17, 15) is 9.59 Å². The summed E-state index contributed by atoms with van der Waals surface area (Å²) in [6.07, 6.45) is 0.213. The number of urea groups is 1. The Balaban J connectivity index is 2.83. The molecule has 2 amide bonds. The van der Waals surface area contributed by atoms with Crippen molar-refractivity contribution in [1.82, 2.24) is 4.90 Å². The number of aromatic carboxylic acids is 1. The molecule has 0 aromatic heterocycles. The van der Waals surface area contributed by atoms with Gasteiger partial charge in [0.05, 0.1) is 23.7 Å². The molecular weight excluding hydrogens is 246 g/mol. The molecule has 0 aliphatic heterocycles. The Morgan fingerprint density at radius 1 is 1.47 bits per heavy atom. The van der Waals surface area contributed by atoms with E-state index in [0.29, 0.717) is 0 Å². The van der Waals surface area contributed by atoms with Crippen LogP contribution >= 0.6 is 0 Å². The third-order valence-corrected chi connectivity index (χ3v) is 2.77. The Morgan fingerprint density at radius 2 is 2.11 bits per heavy atom. The van der Waals surface area contributed by atoms with E-state index in [2.05, 4.69) is 5.32 Å². The maximum absolute atomic E-state index is 11.9. The van der Waals surface area contributed by atoms with Gasteiger partial charge in [-0.15, -0.1) is 0 Å². The molecule has 0 heterocycles. The number of hydrogen-bond acceptors (Lipinski definition) is 3. The molecule has 1 atom stereocenters. The van der Waals surface area contributed by atoms with Crippen molar-refractivity contribution in [2.45, 2.75) is 19.4 Å². The van der Waals surface area contributed by atoms with Gasteiger partial charge in [-0.1, -0.05) is 12.1 Å². The first-order chi connectivity index (χ1) is 8.97. The van der Waals surface area contributed by atoms with Crippen molar-refractivity contribution in [3.63, 3.8) is 0 Å². The van der Waals surface area contributed by atoms with Crippen LogP contribution in [0, 0.1) is 11.3 Å². The number of nitrogens with zero attached hydrogens (tertiary/aromatic N) is 2. The van der Waals surface area contributed by atoms with Crippen molar-refractivity contribution < 1.29 is 14.7 Å². The Labute approximate surface area is 111 Å². The fourth-order valence-corrected chi connectivity index (χ4v) is 1.45. The average molecular weight is 261 g/mol. The molecule has 1 unspecified atom stereocenters.